The first kappa shape index (κ1) is 28.1. The summed E-state index contributed by atoms with van der Waals surface area (Å²) in [5.41, 5.74) is 4.18. The van der Waals surface area contributed by atoms with Gasteiger partial charge in [0.1, 0.15) is 24.4 Å². The zero-order chi connectivity index (χ0) is 27.0. The maximum absolute atomic E-state index is 13.3. The number of rotatable bonds is 12. The summed E-state index contributed by atoms with van der Waals surface area (Å²) in [6.45, 7) is 8.39. The maximum atomic E-state index is 13.3. The van der Waals surface area contributed by atoms with Crippen molar-refractivity contribution < 1.29 is 14.6 Å². The van der Waals surface area contributed by atoms with Crippen LogP contribution in [0, 0.1) is 0 Å². The molecule has 0 bridgehead atoms. The van der Waals surface area contributed by atoms with Crippen LogP contribution in [-0.2, 0) is 23.4 Å². The molecule has 0 radical (unpaired) electrons. The van der Waals surface area contributed by atoms with Crippen LogP contribution in [0.5, 0.6) is 5.75 Å². The minimum absolute atomic E-state index is 0.00827. The van der Waals surface area contributed by atoms with Crippen LogP contribution in [0.4, 0.5) is 0 Å². The van der Waals surface area contributed by atoms with Crippen LogP contribution in [0.1, 0.15) is 87.5 Å². The van der Waals surface area contributed by atoms with Gasteiger partial charge < -0.3 is 9.84 Å². The lowest BCUT2D eigenvalue weighted by Gasteiger charge is -2.38. The highest BCUT2D eigenvalue weighted by atomic mass is 16.5. The first-order valence-corrected chi connectivity index (χ1v) is 14.2. The molecule has 202 valence electrons. The number of Topliss-reactive ketones (excluding diaryl/α,β-unsaturated/α-hetero) is 1. The summed E-state index contributed by atoms with van der Waals surface area (Å²) in [7, 11) is 0. The largest absolute Gasteiger partial charge is 0.489 e. The van der Waals surface area contributed by atoms with E-state index in [0.717, 1.165) is 23.1 Å². The van der Waals surface area contributed by atoms with Gasteiger partial charge in [-0.25, -0.2) is 0 Å². The molecule has 1 fully saturated rings. The molecule has 2 atom stereocenters. The van der Waals surface area contributed by atoms with E-state index in [0.29, 0.717) is 31.9 Å². The molecule has 0 amide bonds. The molecule has 4 rings (SSSR count). The number of hydrogen-bond donors (Lipinski definition) is 1. The Morgan fingerprint density at radius 2 is 1.61 bits per heavy atom. The lowest BCUT2D eigenvalue weighted by Crippen LogP contribution is -2.47. The first-order valence-electron chi connectivity index (χ1n) is 14.2. The van der Waals surface area contributed by atoms with E-state index < -0.39 is 12.1 Å². The second kappa shape index (κ2) is 13.2. The topological polar surface area (TPSA) is 49.8 Å². The molecule has 3 aromatic carbocycles. The van der Waals surface area contributed by atoms with Gasteiger partial charge >= 0.3 is 0 Å². The number of carbonyl (C=O) groups excluding carboxylic acids is 1. The summed E-state index contributed by atoms with van der Waals surface area (Å²) in [5.74, 6) is 0.129. The normalized spacial score (nSPS) is 18.5. The van der Waals surface area contributed by atoms with Crippen molar-refractivity contribution in [2.45, 2.75) is 90.0 Å². The Bertz CT molecular complexity index is 1160. The smallest absolute Gasteiger partial charge is 0.145 e. The second-order valence-corrected chi connectivity index (χ2v) is 11.3. The summed E-state index contributed by atoms with van der Waals surface area (Å²) in [6.07, 6.45) is 5.54. The molecule has 1 aliphatic rings. The van der Waals surface area contributed by atoms with Gasteiger partial charge in [-0.05, 0) is 34.6 Å². The number of benzene rings is 3. The standard InChI is InChI=1S/C34H43NO3/c1-4-5-6-13-21-34(2,3)28-18-19-29(31(23-28)38-25-27-16-11-8-12-17-27)32-30(36)20-22-35(33(32)37)24-26-14-9-7-10-15-26/h7-12,14-19,23,32-33,37H,4-6,13,20-22,24-25H2,1-3H3. The number of likely N-dealkylation sites (tertiary alicyclic amines) is 1. The van der Waals surface area contributed by atoms with Crippen molar-refractivity contribution in [3.05, 3.63) is 101 Å². The minimum atomic E-state index is -0.900. The van der Waals surface area contributed by atoms with Gasteiger partial charge in [-0.1, -0.05) is 119 Å². The van der Waals surface area contributed by atoms with Crippen molar-refractivity contribution in [2.24, 2.45) is 0 Å². The first-order chi connectivity index (χ1) is 18.4. The molecule has 3 aromatic rings. The molecule has 0 saturated carbocycles. The second-order valence-electron chi connectivity index (χ2n) is 11.3. The maximum Gasteiger partial charge on any atom is 0.145 e. The highest BCUT2D eigenvalue weighted by molar-refractivity contribution is 5.88. The zero-order valence-corrected chi connectivity index (χ0v) is 23.2. The van der Waals surface area contributed by atoms with E-state index in [1.165, 1.54) is 31.2 Å². The van der Waals surface area contributed by atoms with Gasteiger partial charge in [0.15, 0.2) is 0 Å². The van der Waals surface area contributed by atoms with E-state index in [2.05, 4.69) is 45.0 Å². The highest BCUT2D eigenvalue weighted by Crippen LogP contribution is 2.39. The van der Waals surface area contributed by atoms with Crippen molar-refractivity contribution >= 4 is 5.78 Å². The fourth-order valence-electron chi connectivity index (χ4n) is 5.45. The summed E-state index contributed by atoms with van der Waals surface area (Å²) in [4.78, 5) is 15.3. The number of nitrogens with zero attached hydrogens (tertiary/aromatic N) is 1. The summed E-state index contributed by atoms with van der Waals surface area (Å²) < 4.78 is 6.42. The fraction of sp³-hybridized carbons (Fsp3) is 0.441. The van der Waals surface area contributed by atoms with Crippen molar-refractivity contribution in [3.8, 4) is 5.75 Å². The quantitative estimate of drug-likeness (QED) is 0.257. The van der Waals surface area contributed by atoms with Gasteiger partial charge in [0.25, 0.3) is 0 Å². The van der Waals surface area contributed by atoms with Gasteiger partial charge in [-0.15, -0.1) is 0 Å². The van der Waals surface area contributed by atoms with Crippen LogP contribution in [0.15, 0.2) is 78.9 Å². The van der Waals surface area contributed by atoms with Crippen molar-refractivity contribution in [1.82, 2.24) is 4.90 Å². The molecule has 0 aromatic heterocycles. The predicted molar refractivity (Wildman–Crippen MR) is 154 cm³/mol. The van der Waals surface area contributed by atoms with Crippen molar-refractivity contribution in [3.63, 3.8) is 0 Å². The SMILES string of the molecule is CCCCCCC(C)(C)c1ccc(C2C(=O)CCN(Cc3ccccc3)C2O)c(OCc2ccccc2)c1. The third-order valence-corrected chi connectivity index (χ3v) is 7.92. The Morgan fingerprint density at radius 3 is 2.29 bits per heavy atom. The van der Waals surface area contributed by atoms with Gasteiger partial charge in [-0.3, -0.25) is 9.69 Å². The number of piperidine rings is 1. The minimum Gasteiger partial charge on any atom is -0.489 e. The molecule has 4 nitrogen and oxygen atoms in total. The molecule has 0 aliphatic carbocycles. The molecule has 1 saturated heterocycles. The average Bonchev–Trinajstić information content (AvgIpc) is 2.93. The number of aliphatic hydroxyl groups excluding tert-OH is 1. The highest BCUT2D eigenvalue weighted by Gasteiger charge is 2.39. The van der Waals surface area contributed by atoms with Gasteiger partial charge in [0.05, 0.1) is 5.92 Å². The molecule has 1 aliphatic heterocycles. The van der Waals surface area contributed by atoms with E-state index in [1.54, 1.807) is 0 Å². The van der Waals surface area contributed by atoms with Gasteiger partial charge in [0.2, 0.25) is 0 Å². The third kappa shape index (κ3) is 7.12. The molecule has 0 spiro atoms. The summed E-state index contributed by atoms with van der Waals surface area (Å²) in [6, 6.07) is 26.5. The monoisotopic (exact) mass is 513 g/mol. The molecule has 2 unspecified atom stereocenters. The zero-order valence-electron chi connectivity index (χ0n) is 23.2. The van der Waals surface area contributed by atoms with Gasteiger partial charge in [-0.2, -0.15) is 0 Å². The number of unbranched alkanes of at least 4 members (excludes halogenated alkanes) is 3. The van der Waals surface area contributed by atoms with Crippen LogP contribution in [0.3, 0.4) is 0 Å². The van der Waals surface area contributed by atoms with E-state index in [9.17, 15) is 9.90 Å². The van der Waals surface area contributed by atoms with Gasteiger partial charge in [0, 0.05) is 25.1 Å². The van der Waals surface area contributed by atoms with E-state index in [-0.39, 0.29) is 11.2 Å². The van der Waals surface area contributed by atoms with Crippen LogP contribution in [0.25, 0.3) is 0 Å². The predicted octanol–water partition coefficient (Wildman–Crippen LogP) is 7.39. The van der Waals surface area contributed by atoms with E-state index >= 15 is 0 Å². The third-order valence-electron chi connectivity index (χ3n) is 7.92. The van der Waals surface area contributed by atoms with E-state index in [4.69, 9.17) is 4.74 Å². The number of carbonyl (C=O) groups is 1. The Kier molecular flexibility index (Phi) is 9.76. The summed E-state index contributed by atoms with van der Waals surface area (Å²) in [5, 5.41) is 11.5. The van der Waals surface area contributed by atoms with Crippen LogP contribution < -0.4 is 4.74 Å². The average molecular weight is 514 g/mol. The lowest BCUT2D eigenvalue weighted by atomic mass is 9.78. The van der Waals surface area contributed by atoms with Crippen LogP contribution >= 0.6 is 0 Å². The number of aliphatic hydroxyl groups is 1. The number of ketones is 1. The molecule has 4 heteroatoms. The van der Waals surface area contributed by atoms with Crippen LogP contribution in [0.2, 0.25) is 0 Å². The fourth-order valence-corrected chi connectivity index (χ4v) is 5.45. The Balaban J connectivity index is 1.62. The van der Waals surface area contributed by atoms with Crippen molar-refractivity contribution in [1.29, 1.82) is 0 Å². The Labute approximate surface area is 228 Å². The Hall–Kier alpha value is -2.95. The lowest BCUT2D eigenvalue weighted by molar-refractivity contribution is -0.134. The Morgan fingerprint density at radius 1 is 0.921 bits per heavy atom. The molecule has 38 heavy (non-hydrogen) atoms. The number of ether oxygens (including phenoxy) is 1. The molecular weight excluding hydrogens is 470 g/mol. The molecule has 1 heterocycles. The molecule has 1 N–H and O–H groups in total. The van der Waals surface area contributed by atoms with E-state index in [1.807, 2.05) is 59.5 Å². The van der Waals surface area contributed by atoms with Crippen molar-refractivity contribution in [2.75, 3.05) is 6.54 Å². The molecular formula is C34H43NO3. The number of hydrogen-bond acceptors (Lipinski definition) is 4. The summed E-state index contributed by atoms with van der Waals surface area (Å²) >= 11 is 0. The van der Waals surface area contributed by atoms with Crippen LogP contribution in [-0.4, -0.2) is 28.6 Å².